The molecule has 0 aliphatic heterocycles. The van der Waals surface area contributed by atoms with Crippen molar-refractivity contribution in [1.29, 1.82) is 0 Å². The molecule has 0 radical (unpaired) electrons. The second-order valence-corrected chi connectivity index (χ2v) is 11.2. The number of fused-ring (bicyclic) bond motifs is 5. The number of hydrogen-bond donors (Lipinski definition) is 2. The Morgan fingerprint density at radius 3 is 2.46 bits per heavy atom. The van der Waals surface area contributed by atoms with E-state index in [2.05, 4.69) is 19.0 Å². The zero-order valence-electron chi connectivity index (χ0n) is 18.1. The van der Waals surface area contributed by atoms with Crippen LogP contribution in [0.2, 0.25) is 0 Å². The van der Waals surface area contributed by atoms with Gasteiger partial charge in [-0.1, -0.05) is 19.0 Å². The first-order valence-corrected chi connectivity index (χ1v) is 11.4. The summed E-state index contributed by atoms with van der Waals surface area (Å²) in [6, 6.07) is 0. The van der Waals surface area contributed by atoms with Gasteiger partial charge in [0.1, 0.15) is 11.8 Å². The van der Waals surface area contributed by atoms with Crippen molar-refractivity contribution < 1.29 is 14.3 Å². The van der Waals surface area contributed by atoms with E-state index >= 15 is 4.39 Å². The molecule has 4 aliphatic rings. The van der Waals surface area contributed by atoms with Gasteiger partial charge in [0.2, 0.25) is 0 Å². The van der Waals surface area contributed by atoms with Gasteiger partial charge in [0.05, 0.1) is 11.8 Å². The summed E-state index contributed by atoms with van der Waals surface area (Å²) >= 11 is 0. The molecule has 0 spiro atoms. The Hall–Kier alpha value is -0.680. The summed E-state index contributed by atoms with van der Waals surface area (Å²) in [4.78, 5) is 5.58. The van der Waals surface area contributed by atoms with Gasteiger partial charge in [-0.15, -0.1) is 0 Å². The van der Waals surface area contributed by atoms with Gasteiger partial charge in [0.15, 0.2) is 0 Å². The number of halogens is 1. The Kier molecular flexibility index (Phi) is 5.10. The number of aliphatic hydroxyl groups is 1. The summed E-state index contributed by atoms with van der Waals surface area (Å²) in [6.45, 7) is 8.78. The molecule has 5 heteroatoms. The van der Waals surface area contributed by atoms with Crippen molar-refractivity contribution in [2.45, 2.75) is 96.9 Å². The van der Waals surface area contributed by atoms with Gasteiger partial charge in [-0.2, -0.15) is 0 Å². The zero-order valence-corrected chi connectivity index (χ0v) is 18.1. The first-order valence-electron chi connectivity index (χ1n) is 11.4. The monoisotopic (exact) mass is 394 g/mol. The smallest absolute Gasteiger partial charge is 0.145 e. The predicted octanol–water partition coefficient (Wildman–Crippen LogP) is 4.45. The lowest BCUT2D eigenvalue weighted by atomic mass is 9.45. The molecule has 160 valence electrons. The lowest BCUT2D eigenvalue weighted by Gasteiger charge is -2.60. The minimum Gasteiger partial charge on any atom is -0.393 e. The maximum atomic E-state index is 15.6. The number of alkyl halides is 1. The molecule has 0 heterocycles. The van der Waals surface area contributed by atoms with Crippen molar-refractivity contribution in [2.24, 2.45) is 45.4 Å². The van der Waals surface area contributed by atoms with Gasteiger partial charge in [0, 0.05) is 12.5 Å². The molecule has 4 fully saturated rings. The van der Waals surface area contributed by atoms with Crippen molar-refractivity contribution in [2.75, 3.05) is 6.54 Å². The van der Waals surface area contributed by atoms with Crippen LogP contribution >= 0.6 is 0 Å². The third-order valence-corrected chi connectivity index (χ3v) is 9.39. The van der Waals surface area contributed by atoms with Crippen molar-refractivity contribution >= 4 is 5.71 Å². The van der Waals surface area contributed by atoms with E-state index in [1.54, 1.807) is 0 Å². The Morgan fingerprint density at radius 2 is 1.75 bits per heavy atom. The number of rotatable bonds is 3. The SMILES string of the molecule is CC(C)(CN)O/N=C1\CC[C@@]2(C)C(CC[C@H]3[C@@H]4CC[C@H](O)[C@@]4(C)CC[C@@H]32)[C@@H]1F. The van der Waals surface area contributed by atoms with Gasteiger partial charge < -0.3 is 15.7 Å². The first-order chi connectivity index (χ1) is 13.1. The molecule has 8 atom stereocenters. The lowest BCUT2D eigenvalue weighted by Crippen LogP contribution is -2.57. The molecule has 0 bridgehead atoms. The molecule has 4 nitrogen and oxygen atoms in total. The maximum absolute atomic E-state index is 15.6. The highest BCUT2D eigenvalue weighted by molar-refractivity contribution is 5.89. The largest absolute Gasteiger partial charge is 0.393 e. The van der Waals surface area contributed by atoms with Gasteiger partial charge >= 0.3 is 0 Å². The van der Waals surface area contributed by atoms with E-state index in [9.17, 15) is 5.11 Å². The van der Waals surface area contributed by atoms with Crippen LogP contribution in [0, 0.1) is 34.5 Å². The quantitative estimate of drug-likeness (QED) is 0.695. The molecule has 0 aromatic heterocycles. The van der Waals surface area contributed by atoms with E-state index in [0.717, 1.165) is 44.9 Å². The Morgan fingerprint density at radius 1 is 1.07 bits per heavy atom. The molecule has 0 amide bonds. The third-order valence-electron chi connectivity index (χ3n) is 9.39. The Balaban J connectivity index is 1.54. The van der Waals surface area contributed by atoms with Crippen LogP contribution in [0.3, 0.4) is 0 Å². The summed E-state index contributed by atoms with van der Waals surface area (Å²) in [7, 11) is 0. The van der Waals surface area contributed by atoms with Crippen LogP contribution in [-0.2, 0) is 4.84 Å². The Labute approximate surface area is 169 Å². The second-order valence-electron chi connectivity index (χ2n) is 11.2. The van der Waals surface area contributed by atoms with Crippen LogP contribution in [0.25, 0.3) is 0 Å². The molecular weight excluding hydrogens is 355 g/mol. The molecule has 0 aromatic carbocycles. The number of nitrogens with two attached hydrogens (primary N) is 1. The van der Waals surface area contributed by atoms with Crippen molar-refractivity contribution in [1.82, 2.24) is 0 Å². The lowest BCUT2D eigenvalue weighted by molar-refractivity contribution is -0.123. The number of oxime groups is 1. The molecule has 0 saturated heterocycles. The van der Waals surface area contributed by atoms with Gasteiger partial charge in [-0.25, -0.2) is 4.39 Å². The number of hydrogen-bond acceptors (Lipinski definition) is 4. The molecule has 28 heavy (non-hydrogen) atoms. The summed E-state index contributed by atoms with van der Waals surface area (Å²) < 4.78 is 15.6. The highest BCUT2D eigenvalue weighted by atomic mass is 19.1. The summed E-state index contributed by atoms with van der Waals surface area (Å²) in [5.41, 5.74) is 5.87. The molecule has 3 N–H and O–H groups in total. The highest BCUT2D eigenvalue weighted by Crippen LogP contribution is 2.66. The van der Waals surface area contributed by atoms with Crippen molar-refractivity contribution in [3.8, 4) is 0 Å². The van der Waals surface area contributed by atoms with Crippen LogP contribution in [0.4, 0.5) is 4.39 Å². The first kappa shape index (κ1) is 20.6. The van der Waals surface area contributed by atoms with Crippen LogP contribution in [0.1, 0.15) is 79.1 Å². The standard InChI is InChI=1S/C23H39FN2O2/c1-21(2,13-25)28-26-18-10-12-22(3)16-9-11-23(4)15(7-8-19(23)27)14(16)5-6-17(22)20(18)24/h14-17,19-20,27H,5-13,25H2,1-4H3/b26-18+/t14-,15-,16-,17?,19-,20-,22+,23-/m0/s1. The predicted molar refractivity (Wildman–Crippen MR) is 110 cm³/mol. The fraction of sp³-hybridized carbons (Fsp3) is 0.957. The van der Waals surface area contributed by atoms with Crippen molar-refractivity contribution in [3.05, 3.63) is 0 Å². The maximum Gasteiger partial charge on any atom is 0.145 e. The fourth-order valence-corrected chi connectivity index (χ4v) is 7.39. The van der Waals surface area contributed by atoms with Crippen LogP contribution < -0.4 is 5.73 Å². The van der Waals surface area contributed by atoms with Crippen molar-refractivity contribution in [3.63, 3.8) is 0 Å². The van der Waals surface area contributed by atoms with E-state index in [0.29, 0.717) is 36.4 Å². The normalized spacial score (nSPS) is 50.0. The van der Waals surface area contributed by atoms with E-state index in [4.69, 9.17) is 10.6 Å². The molecular formula is C23H39FN2O2. The fourth-order valence-electron chi connectivity index (χ4n) is 7.39. The molecule has 4 saturated carbocycles. The van der Waals surface area contributed by atoms with E-state index in [-0.39, 0.29) is 22.9 Å². The van der Waals surface area contributed by atoms with E-state index in [1.165, 1.54) is 0 Å². The third kappa shape index (κ3) is 3.03. The second kappa shape index (κ2) is 6.94. The molecule has 4 aliphatic carbocycles. The molecule has 1 unspecified atom stereocenters. The van der Waals surface area contributed by atoms with E-state index < -0.39 is 11.8 Å². The van der Waals surface area contributed by atoms with E-state index in [1.807, 2.05) is 13.8 Å². The number of aliphatic hydroxyl groups excluding tert-OH is 1. The average Bonchev–Trinajstić information content (AvgIpc) is 2.96. The van der Waals surface area contributed by atoms with Crippen LogP contribution in [-0.4, -0.2) is 35.2 Å². The summed E-state index contributed by atoms with van der Waals surface area (Å²) in [6.07, 6.45) is 6.88. The van der Waals surface area contributed by atoms with Crippen LogP contribution in [0.15, 0.2) is 5.16 Å². The summed E-state index contributed by atoms with van der Waals surface area (Å²) in [5.74, 6) is 1.88. The Bertz CT molecular complexity index is 638. The molecule has 0 aromatic rings. The van der Waals surface area contributed by atoms with Gasteiger partial charge in [-0.3, -0.25) is 0 Å². The zero-order chi connectivity index (χ0) is 20.3. The topological polar surface area (TPSA) is 67.8 Å². The minimum absolute atomic E-state index is 0.0413. The van der Waals surface area contributed by atoms with Crippen LogP contribution in [0.5, 0.6) is 0 Å². The van der Waals surface area contributed by atoms with Gasteiger partial charge in [0.25, 0.3) is 0 Å². The summed E-state index contributed by atoms with van der Waals surface area (Å²) in [5, 5.41) is 14.8. The average molecular weight is 395 g/mol. The number of nitrogens with zero attached hydrogens (tertiary/aromatic N) is 1. The molecule has 4 rings (SSSR count). The highest BCUT2D eigenvalue weighted by Gasteiger charge is 2.61. The van der Waals surface area contributed by atoms with Gasteiger partial charge in [-0.05, 0) is 93.8 Å². The minimum atomic E-state index is -1.00.